The summed E-state index contributed by atoms with van der Waals surface area (Å²) in [6.07, 6.45) is 0. The van der Waals surface area contributed by atoms with Gasteiger partial charge in [0, 0.05) is 10.9 Å². The zero-order valence-electron chi connectivity index (χ0n) is 17.1. The summed E-state index contributed by atoms with van der Waals surface area (Å²) in [5, 5.41) is 9.26. The SMILES string of the molecule is Cc1cc(C(=O)NC(c2ccccc2)c2cc3ccccc3o2)cc(S(N)(=O)=O)c1C. The van der Waals surface area contributed by atoms with Gasteiger partial charge in [-0.15, -0.1) is 0 Å². The average molecular weight is 435 g/mol. The van der Waals surface area contributed by atoms with Gasteiger partial charge in [0.05, 0.1) is 4.90 Å². The van der Waals surface area contributed by atoms with Crippen LogP contribution >= 0.6 is 0 Å². The van der Waals surface area contributed by atoms with Crippen LogP contribution in [0, 0.1) is 13.8 Å². The highest BCUT2D eigenvalue weighted by molar-refractivity contribution is 7.89. The molecule has 6 nitrogen and oxygen atoms in total. The van der Waals surface area contributed by atoms with Gasteiger partial charge in [0.15, 0.2) is 0 Å². The van der Waals surface area contributed by atoms with Crippen LogP contribution < -0.4 is 10.5 Å². The first kappa shape index (κ1) is 20.8. The molecule has 0 aliphatic heterocycles. The molecule has 0 radical (unpaired) electrons. The minimum atomic E-state index is -3.96. The Morgan fingerprint density at radius 3 is 2.32 bits per heavy atom. The van der Waals surface area contributed by atoms with Crippen molar-refractivity contribution in [3.63, 3.8) is 0 Å². The Morgan fingerprint density at radius 1 is 0.968 bits per heavy atom. The topological polar surface area (TPSA) is 102 Å². The molecule has 0 saturated carbocycles. The fraction of sp³-hybridized carbons (Fsp3) is 0.125. The van der Waals surface area contributed by atoms with Gasteiger partial charge in [-0.25, -0.2) is 13.6 Å². The number of carbonyl (C=O) groups is 1. The molecular weight excluding hydrogens is 412 g/mol. The Hall–Kier alpha value is -3.42. The zero-order valence-corrected chi connectivity index (χ0v) is 17.9. The number of furan rings is 1. The van der Waals surface area contributed by atoms with Crippen LogP contribution in [-0.4, -0.2) is 14.3 Å². The van der Waals surface area contributed by atoms with Crippen LogP contribution in [0.2, 0.25) is 0 Å². The molecule has 3 aromatic carbocycles. The smallest absolute Gasteiger partial charge is 0.252 e. The van der Waals surface area contributed by atoms with Crippen LogP contribution in [0.25, 0.3) is 11.0 Å². The van der Waals surface area contributed by atoms with Crippen molar-refractivity contribution in [1.29, 1.82) is 0 Å². The molecule has 1 aromatic heterocycles. The first-order valence-corrected chi connectivity index (χ1v) is 11.3. The van der Waals surface area contributed by atoms with Gasteiger partial charge in [0.2, 0.25) is 10.0 Å². The van der Waals surface area contributed by atoms with Crippen molar-refractivity contribution in [2.45, 2.75) is 24.8 Å². The summed E-state index contributed by atoms with van der Waals surface area (Å²) in [6.45, 7) is 3.41. The van der Waals surface area contributed by atoms with Gasteiger partial charge in [0.25, 0.3) is 5.91 Å². The first-order chi connectivity index (χ1) is 14.7. The Labute approximate surface area is 180 Å². The molecular formula is C24H22N2O4S. The number of para-hydroxylation sites is 1. The number of benzene rings is 3. The Morgan fingerprint density at radius 2 is 1.65 bits per heavy atom. The molecule has 0 spiro atoms. The minimum Gasteiger partial charge on any atom is -0.459 e. The van der Waals surface area contributed by atoms with Gasteiger partial charge < -0.3 is 9.73 Å². The average Bonchev–Trinajstić information content (AvgIpc) is 3.17. The van der Waals surface area contributed by atoms with Crippen molar-refractivity contribution in [2.24, 2.45) is 5.14 Å². The molecule has 31 heavy (non-hydrogen) atoms. The lowest BCUT2D eigenvalue weighted by molar-refractivity contribution is 0.0939. The zero-order chi connectivity index (χ0) is 22.2. The Kier molecular flexibility index (Phi) is 5.39. The molecule has 3 N–H and O–H groups in total. The normalized spacial score (nSPS) is 12.6. The van der Waals surface area contributed by atoms with E-state index in [1.807, 2.05) is 60.7 Å². The fourth-order valence-corrected chi connectivity index (χ4v) is 4.46. The maximum absolute atomic E-state index is 13.2. The number of hydrogen-bond acceptors (Lipinski definition) is 4. The number of sulfonamides is 1. The van der Waals surface area contributed by atoms with Gasteiger partial charge in [-0.2, -0.15) is 0 Å². The number of hydrogen-bond donors (Lipinski definition) is 2. The third kappa shape index (κ3) is 4.23. The second-order valence-corrected chi connectivity index (χ2v) is 8.99. The summed E-state index contributed by atoms with van der Waals surface area (Å²) in [4.78, 5) is 13.1. The van der Waals surface area contributed by atoms with E-state index in [9.17, 15) is 13.2 Å². The third-order valence-corrected chi connectivity index (χ3v) is 6.36. The van der Waals surface area contributed by atoms with Crippen LogP contribution in [-0.2, 0) is 10.0 Å². The van der Waals surface area contributed by atoms with Crippen LogP contribution in [0.1, 0.15) is 38.9 Å². The number of carbonyl (C=O) groups excluding carboxylic acids is 1. The van der Waals surface area contributed by atoms with E-state index in [1.54, 1.807) is 19.9 Å². The first-order valence-electron chi connectivity index (χ1n) is 9.72. The van der Waals surface area contributed by atoms with Gasteiger partial charge in [-0.05, 0) is 54.8 Å². The number of amides is 1. The monoisotopic (exact) mass is 434 g/mol. The van der Waals surface area contributed by atoms with Crippen LogP contribution in [0.5, 0.6) is 0 Å². The maximum Gasteiger partial charge on any atom is 0.252 e. The lowest BCUT2D eigenvalue weighted by Crippen LogP contribution is -2.29. The molecule has 0 saturated heterocycles. The highest BCUT2D eigenvalue weighted by atomic mass is 32.2. The standard InChI is InChI=1S/C24H22N2O4S/c1-15-12-19(14-22(16(15)2)31(25,28)29)24(27)26-23(17-8-4-3-5-9-17)21-13-18-10-6-7-11-20(18)30-21/h3-14,23H,1-2H3,(H,26,27)(H2,25,28,29). The van der Waals surface area contributed by atoms with E-state index in [2.05, 4.69) is 5.32 Å². The van der Waals surface area contributed by atoms with E-state index in [-0.39, 0.29) is 10.5 Å². The van der Waals surface area contributed by atoms with Gasteiger partial charge in [-0.3, -0.25) is 4.79 Å². The van der Waals surface area contributed by atoms with E-state index in [4.69, 9.17) is 9.56 Å². The third-order valence-electron chi connectivity index (χ3n) is 5.33. The van der Waals surface area contributed by atoms with Crippen molar-refractivity contribution in [3.05, 3.63) is 101 Å². The summed E-state index contributed by atoms with van der Waals surface area (Å²) in [7, 11) is -3.96. The van der Waals surface area contributed by atoms with Gasteiger partial charge in [-0.1, -0.05) is 48.5 Å². The van der Waals surface area contributed by atoms with E-state index < -0.39 is 22.0 Å². The molecule has 1 amide bonds. The molecule has 0 fully saturated rings. The quantitative estimate of drug-likeness (QED) is 0.491. The summed E-state index contributed by atoms with van der Waals surface area (Å²) >= 11 is 0. The lowest BCUT2D eigenvalue weighted by atomic mass is 10.0. The van der Waals surface area contributed by atoms with Gasteiger partial charge >= 0.3 is 0 Å². The number of fused-ring (bicyclic) bond motifs is 1. The molecule has 4 aromatic rings. The summed E-state index contributed by atoms with van der Waals surface area (Å²) < 4.78 is 30.0. The van der Waals surface area contributed by atoms with Crippen LogP contribution in [0.3, 0.4) is 0 Å². The Bertz CT molecular complexity index is 1340. The number of aryl methyl sites for hydroxylation is 1. The van der Waals surface area contributed by atoms with E-state index in [0.29, 0.717) is 16.9 Å². The predicted octanol–water partition coefficient (Wildman–Crippen LogP) is 4.22. The number of nitrogens with one attached hydrogen (secondary N) is 1. The van der Waals surface area contributed by atoms with Crippen molar-refractivity contribution in [2.75, 3.05) is 0 Å². The molecule has 158 valence electrons. The lowest BCUT2D eigenvalue weighted by Gasteiger charge is -2.18. The van der Waals surface area contributed by atoms with Crippen molar-refractivity contribution in [3.8, 4) is 0 Å². The summed E-state index contributed by atoms with van der Waals surface area (Å²) in [5.74, 6) is 0.151. The molecule has 0 aliphatic rings. The van der Waals surface area contributed by atoms with Crippen molar-refractivity contribution in [1.82, 2.24) is 5.32 Å². The molecule has 0 bridgehead atoms. The predicted molar refractivity (Wildman–Crippen MR) is 119 cm³/mol. The molecule has 0 aliphatic carbocycles. The molecule has 7 heteroatoms. The van der Waals surface area contributed by atoms with Crippen LogP contribution in [0.15, 0.2) is 82.1 Å². The number of primary sulfonamides is 1. The number of rotatable bonds is 5. The highest BCUT2D eigenvalue weighted by Crippen LogP contribution is 2.29. The maximum atomic E-state index is 13.2. The van der Waals surface area contributed by atoms with Crippen molar-refractivity contribution >= 4 is 26.9 Å². The van der Waals surface area contributed by atoms with Gasteiger partial charge in [0.1, 0.15) is 17.4 Å². The van der Waals surface area contributed by atoms with E-state index in [1.165, 1.54) is 6.07 Å². The minimum absolute atomic E-state index is 0.0577. The second kappa shape index (κ2) is 8.02. The molecule has 1 unspecified atom stereocenters. The Balaban J connectivity index is 1.76. The molecule has 1 atom stereocenters. The van der Waals surface area contributed by atoms with E-state index >= 15 is 0 Å². The van der Waals surface area contributed by atoms with Crippen molar-refractivity contribution < 1.29 is 17.6 Å². The van der Waals surface area contributed by atoms with Crippen LogP contribution in [0.4, 0.5) is 0 Å². The summed E-state index contributed by atoms with van der Waals surface area (Å²) in [5.41, 5.74) is 2.96. The summed E-state index contributed by atoms with van der Waals surface area (Å²) in [6, 6.07) is 21.4. The highest BCUT2D eigenvalue weighted by Gasteiger charge is 2.23. The molecule has 4 rings (SSSR count). The largest absolute Gasteiger partial charge is 0.459 e. The number of nitrogens with two attached hydrogens (primary N) is 1. The van der Waals surface area contributed by atoms with E-state index in [0.717, 1.165) is 16.5 Å². The second-order valence-electron chi connectivity index (χ2n) is 7.47. The fourth-order valence-electron chi connectivity index (χ4n) is 3.58. The molecule has 1 heterocycles.